The fraction of sp³-hybridized carbons (Fsp3) is 0.438. The first-order chi connectivity index (χ1) is 11.9. The normalized spacial score (nSPS) is 17.1. The van der Waals surface area contributed by atoms with Gasteiger partial charge in [-0.1, -0.05) is 11.6 Å². The molecular formula is C16H18ClF2N3O4. The molecule has 2 rings (SSSR count). The molecule has 0 saturated carbocycles. The number of carbonyl (C=O) groups is 3. The third-order valence-electron chi connectivity index (χ3n) is 3.53. The molecule has 0 radical (unpaired) electrons. The zero-order valence-electron chi connectivity index (χ0n) is 14.6. The van der Waals surface area contributed by atoms with Crippen LogP contribution in [0.3, 0.4) is 0 Å². The molecule has 0 spiro atoms. The Kier molecular flexibility index (Phi) is 5.41. The van der Waals surface area contributed by atoms with Gasteiger partial charge in [-0.25, -0.2) is 23.3 Å². The molecule has 0 aliphatic carbocycles. The fourth-order valence-corrected chi connectivity index (χ4v) is 2.44. The molecule has 1 saturated heterocycles. The van der Waals surface area contributed by atoms with Crippen LogP contribution in [0.5, 0.6) is 0 Å². The Balaban J connectivity index is 2.15. The highest BCUT2D eigenvalue weighted by molar-refractivity contribution is 6.31. The summed E-state index contributed by atoms with van der Waals surface area (Å²) in [6.07, 6.45) is -0.899. The van der Waals surface area contributed by atoms with Gasteiger partial charge in [0.2, 0.25) is 0 Å². The van der Waals surface area contributed by atoms with Crippen molar-refractivity contribution in [3.8, 4) is 0 Å². The Bertz CT molecular complexity index is 767. The lowest BCUT2D eigenvalue weighted by molar-refractivity contribution is -0.119. The summed E-state index contributed by atoms with van der Waals surface area (Å²) >= 11 is 5.51. The Morgan fingerprint density at radius 2 is 1.96 bits per heavy atom. The van der Waals surface area contributed by atoms with Crippen LogP contribution < -0.4 is 10.2 Å². The third kappa shape index (κ3) is 4.04. The fourth-order valence-electron chi connectivity index (χ4n) is 2.28. The van der Waals surface area contributed by atoms with Crippen molar-refractivity contribution < 1.29 is 27.9 Å². The van der Waals surface area contributed by atoms with Crippen LogP contribution in [0, 0.1) is 11.6 Å². The molecule has 1 aliphatic rings. The van der Waals surface area contributed by atoms with Crippen LogP contribution in [0.15, 0.2) is 12.1 Å². The molecule has 1 N–H and O–H groups in total. The molecule has 142 valence electrons. The lowest BCUT2D eigenvalue weighted by atomic mass is 10.2. The van der Waals surface area contributed by atoms with Crippen molar-refractivity contribution in [3.63, 3.8) is 0 Å². The molecule has 1 atom stereocenters. The van der Waals surface area contributed by atoms with Crippen molar-refractivity contribution in [2.75, 3.05) is 18.5 Å². The van der Waals surface area contributed by atoms with Gasteiger partial charge in [0, 0.05) is 7.05 Å². The van der Waals surface area contributed by atoms with Gasteiger partial charge in [0.05, 0.1) is 12.2 Å². The smallest absolute Gasteiger partial charge is 0.418 e. The number of nitrogens with one attached hydrogen (secondary N) is 1. The maximum Gasteiger partial charge on any atom is 0.418 e. The van der Waals surface area contributed by atoms with Gasteiger partial charge in [0.25, 0.3) is 5.91 Å². The first kappa shape index (κ1) is 19.9. The monoisotopic (exact) mass is 389 g/mol. The number of nitrogens with zero attached hydrogens (tertiary/aromatic N) is 2. The van der Waals surface area contributed by atoms with Crippen molar-refractivity contribution in [2.24, 2.45) is 0 Å². The summed E-state index contributed by atoms with van der Waals surface area (Å²) in [7, 11) is 1.25. The van der Waals surface area contributed by atoms with Gasteiger partial charge in [-0.15, -0.1) is 0 Å². The number of amides is 4. The molecule has 1 aromatic rings. The summed E-state index contributed by atoms with van der Waals surface area (Å²) in [5.74, 6) is -2.76. The topological polar surface area (TPSA) is 79.0 Å². The van der Waals surface area contributed by atoms with Gasteiger partial charge in [-0.2, -0.15) is 0 Å². The van der Waals surface area contributed by atoms with E-state index >= 15 is 0 Å². The van der Waals surface area contributed by atoms with Gasteiger partial charge >= 0.3 is 12.1 Å². The van der Waals surface area contributed by atoms with Crippen molar-refractivity contribution in [3.05, 3.63) is 28.8 Å². The van der Waals surface area contributed by atoms with E-state index < -0.39 is 46.3 Å². The molecule has 1 heterocycles. The van der Waals surface area contributed by atoms with E-state index in [1.807, 2.05) is 0 Å². The van der Waals surface area contributed by atoms with Gasteiger partial charge in [-0.3, -0.25) is 4.79 Å². The van der Waals surface area contributed by atoms with Crippen LogP contribution in [-0.2, 0) is 9.53 Å². The number of halogens is 3. The Labute approximate surface area is 153 Å². The van der Waals surface area contributed by atoms with E-state index in [1.54, 1.807) is 20.8 Å². The second kappa shape index (κ2) is 7.06. The van der Waals surface area contributed by atoms with Crippen molar-refractivity contribution >= 4 is 35.3 Å². The second-order valence-corrected chi connectivity index (χ2v) is 7.06. The zero-order chi connectivity index (χ0) is 19.8. The molecule has 10 heteroatoms. The lowest BCUT2D eigenvalue weighted by Crippen LogP contribution is -2.44. The molecular weight excluding hydrogens is 372 g/mol. The first-order valence-corrected chi connectivity index (χ1v) is 8.02. The molecule has 0 bridgehead atoms. The molecule has 7 nitrogen and oxygen atoms in total. The number of hydrogen-bond donors (Lipinski definition) is 1. The summed E-state index contributed by atoms with van der Waals surface area (Å²) in [6.45, 7) is 4.62. The number of carbonyl (C=O) groups excluding carboxylic acids is 3. The van der Waals surface area contributed by atoms with E-state index in [0.717, 1.165) is 21.9 Å². The second-order valence-electron chi connectivity index (χ2n) is 6.68. The molecule has 1 aromatic carbocycles. The average molecular weight is 390 g/mol. The quantitative estimate of drug-likeness (QED) is 0.789. The number of rotatable bonds is 2. The molecule has 1 aliphatic heterocycles. The Morgan fingerprint density at radius 1 is 1.35 bits per heavy atom. The first-order valence-electron chi connectivity index (χ1n) is 7.64. The summed E-state index contributed by atoms with van der Waals surface area (Å²) in [5, 5.41) is 1.59. The Hall–Kier alpha value is -2.42. The number of anilines is 1. The Morgan fingerprint density at radius 3 is 2.54 bits per heavy atom. The number of hydrogen-bond acceptors (Lipinski definition) is 4. The number of likely N-dealkylation sites (N-methyl/N-ethyl adjacent to an activating group) is 1. The highest BCUT2D eigenvalue weighted by atomic mass is 35.5. The number of ether oxygens (including phenoxy) is 1. The van der Waals surface area contributed by atoms with Crippen LogP contribution in [0.4, 0.5) is 24.1 Å². The molecule has 1 fully saturated rings. The van der Waals surface area contributed by atoms with Crippen molar-refractivity contribution in [1.82, 2.24) is 10.2 Å². The minimum absolute atomic E-state index is 0.258. The standard InChI is InChI=1S/C16H18ClF2N3O4/c1-16(2,3)26-15(25)22-7-9(20-14(22)24)13(23)21(4)10-6-5-8(18)11(17)12(10)19/h5-6,9H,7H2,1-4H3,(H,20,24). The summed E-state index contributed by atoms with van der Waals surface area (Å²) in [4.78, 5) is 38.1. The average Bonchev–Trinajstić information content (AvgIpc) is 2.92. The van der Waals surface area contributed by atoms with Crippen LogP contribution in [0.2, 0.25) is 5.02 Å². The highest BCUT2D eigenvalue weighted by Crippen LogP contribution is 2.28. The van der Waals surface area contributed by atoms with E-state index in [0.29, 0.717) is 0 Å². The van der Waals surface area contributed by atoms with Gasteiger partial charge in [0.1, 0.15) is 22.5 Å². The maximum atomic E-state index is 14.1. The van der Waals surface area contributed by atoms with E-state index in [-0.39, 0.29) is 12.2 Å². The van der Waals surface area contributed by atoms with Gasteiger partial charge in [0.15, 0.2) is 5.82 Å². The minimum Gasteiger partial charge on any atom is -0.443 e. The van der Waals surface area contributed by atoms with Crippen LogP contribution >= 0.6 is 11.6 Å². The SMILES string of the molecule is CN(C(=O)C1CN(C(=O)OC(C)(C)C)C(=O)N1)c1ccc(F)c(Cl)c1F. The lowest BCUT2D eigenvalue weighted by Gasteiger charge is -2.23. The zero-order valence-corrected chi connectivity index (χ0v) is 15.4. The van der Waals surface area contributed by atoms with Gasteiger partial charge in [-0.05, 0) is 32.9 Å². The van der Waals surface area contributed by atoms with Crippen LogP contribution in [-0.4, -0.2) is 48.2 Å². The predicted octanol–water partition coefficient (Wildman–Crippen LogP) is 2.91. The molecule has 4 amide bonds. The molecule has 1 unspecified atom stereocenters. The third-order valence-corrected chi connectivity index (χ3v) is 3.87. The van der Waals surface area contributed by atoms with Crippen molar-refractivity contribution in [1.29, 1.82) is 0 Å². The largest absolute Gasteiger partial charge is 0.443 e. The van der Waals surface area contributed by atoms with Crippen LogP contribution in [0.1, 0.15) is 20.8 Å². The highest BCUT2D eigenvalue weighted by Gasteiger charge is 2.40. The van der Waals surface area contributed by atoms with Crippen molar-refractivity contribution in [2.45, 2.75) is 32.4 Å². The predicted molar refractivity (Wildman–Crippen MR) is 90.0 cm³/mol. The minimum atomic E-state index is -1.11. The summed E-state index contributed by atoms with van der Waals surface area (Å²) < 4.78 is 32.4. The van der Waals surface area contributed by atoms with Crippen LogP contribution in [0.25, 0.3) is 0 Å². The molecule has 0 aromatic heterocycles. The number of benzene rings is 1. The maximum absolute atomic E-state index is 14.1. The number of imide groups is 1. The van der Waals surface area contributed by atoms with E-state index in [4.69, 9.17) is 16.3 Å². The van der Waals surface area contributed by atoms with Gasteiger partial charge < -0.3 is 15.0 Å². The summed E-state index contributed by atoms with van der Waals surface area (Å²) in [6, 6.07) is 0.0635. The van der Waals surface area contributed by atoms with E-state index in [9.17, 15) is 23.2 Å². The van der Waals surface area contributed by atoms with E-state index in [2.05, 4.69) is 5.32 Å². The summed E-state index contributed by atoms with van der Waals surface area (Å²) in [5.41, 5.74) is -1.07. The molecule has 26 heavy (non-hydrogen) atoms. The van der Waals surface area contributed by atoms with E-state index in [1.165, 1.54) is 7.05 Å². The number of urea groups is 1.